The zero-order chi connectivity index (χ0) is 19.4. The Bertz CT molecular complexity index is 628. The molecule has 2 aliphatic carbocycles. The van der Waals surface area contributed by atoms with Gasteiger partial charge in [-0.15, -0.1) is 0 Å². The summed E-state index contributed by atoms with van der Waals surface area (Å²) in [6.45, 7) is 3.53. The fourth-order valence-corrected chi connectivity index (χ4v) is 4.15. The standard InChI is InChI=1S/C17H21F3O6/c1-4-16(2,3)15(23)26-12-7-5-8-10(14(22)25-11(8)12)9(7)13(21)24-6-17(18,19)20/h7-12H,4-6H2,1-3H3. The Labute approximate surface area is 148 Å². The Morgan fingerprint density at radius 1 is 1.23 bits per heavy atom. The highest BCUT2D eigenvalue weighted by Gasteiger charge is 2.70. The second-order valence-corrected chi connectivity index (χ2v) is 7.85. The van der Waals surface area contributed by atoms with Gasteiger partial charge in [-0.3, -0.25) is 14.4 Å². The Kier molecular flexibility index (Phi) is 4.47. The summed E-state index contributed by atoms with van der Waals surface area (Å²) in [4.78, 5) is 36.7. The largest absolute Gasteiger partial charge is 0.458 e. The fraction of sp³-hybridized carbons (Fsp3) is 0.824. The van der Waals surface area contributed by atoms with E-state index in [0.29, 0.717) is 12.8 Å². The van der Waals surface area contributed by atoms with Crippen LogP contribution in [0, 0.1) is 29.1 Å². The number of carbonyl (C=O) groups excluding carboxylic acids is 3. The summed E-state index contributed by atoms with van der Waals surface area (Å²) in [5.41, 5.74) is -0.754. The molecule has 3 aliphatic rings. The summed E-state index contributed by atoms with van der Waals surface area (Å²) in [6, 6.07) is 0. The van der Waals surface area contributed by atoms with E-state index < -0.39 is 66.1 Å². The second kappa shape index (κ2) is 6.13. The van der Waals surface area contributed by atoms with Gasteiger partial charge in [-0.2, -0.15) is 13.2 Å². The normalized spacial score (nSPS) is 35.4. The van der Waals surface area contributed by atoms with Crippen LogP contribution in [0.15, 0.2) is 0 Å². The van der Waals surface area contributed by atoms with Crippen LogP contribution >= 0.6 is 0 Å². The molecule has 1 aliphatic heterocycles. The topological polar surface area (TPSA) is 78.9 Å². The summed E-state index contributed by atoms with van der Waals surface area (Å²) >= 11 is 0. The minimum absolute atomic E-state index is 0.335. The van der Waals surface area contributed by atoms with Crippen molar-refractivity contribution >= 4 is 17.9 Å². The van der Waals surface area contributed by atoms with Crippen molar-refractivity contribution in [3.63, 3.8) is 0 Å². The summed E-state index contributed by atoms with van der Waals surface area (Å²) in [5, 5.41) is 0. The number of ether oxygens (including phenoxy) is 3. The number of esters is 3. The van der Waals surface area contributed by atoms with E-state index >= 15 is 0 Å². The van der Waals surface area contributed by atoms with Crippen LogP contribution in [0.2, 0.25) is 0 Å². The lowest BCUT2D eigenvalue weighted by Gasteiger charge is -2.32. The van der Waals surface area contributed by atoms with Gasteiger partial charge >= 0.3 is 24.1 Å². The van der Waals surface area contributed by atoms with Crippen molar-refractivity contribution in [3.05, 3.63) is 0 Å². The van der Waals surface area contributed by atoms with Gasteiger partial charge in [-0.25, -0.2) is 0 Å². The van der Waals surface area contributed by atoms with E-state index in [-0.39, 0.29) is 5.92 Å². The van der Waals surface area contributed by atoms with Crippen molar-refractivity contribution in [2.24, 2.45) is 29.1 Å². The van der Waals surface area contributed by atoms with Crippen LogP contribution < -0.4 is 0 Å². The molecule has 26 heavy (non-hydrogen) atoms. The Morgan fingerprint density at radius 2 is 1.88 bits per heavy atom. The van der Waals surface area contributed by atoms with E-state index in [9.17, 15) is 27.6 Å². The highest BCUT2D eigenvalue weighted by Crippen LogP contribution is 2.59. The van der Waals surface area contributed by atoms with Crippen LogP contribution in [-0.4, -0.2) is 42.9 Å². The van der Waals surface area contributed by atoms with Gasteiger partial charge in [0, 0.05) is 11.8 Å². The maximum absolute atomic E-state index is 12.4. The first-order valence-corrected chi connectivity index (χ1v) is 8.61. The molecule has 3 rings (SSSR count). The number of rotatable bonds is 5. The molecule has 6 nitrogen and oxygen atoms in total. The van der Waals surface area contributed by atoms with Gasteiger partial charge in [-0.1, -0.05) is 6.92 Å². The van der Waals surface area contributed by atoms with Gasteiger partial charge in [-0.05, 0) is 26.7 Å². The van der Waals surface area contributed by atoms with Crippen molar-refractivity contribution in [3.8, 4) is 0 Å². The van der Waals surface area contributed by atoms with Crippen molar-refractivity contribution in [2.75, 3.05) is 6.61 Å². The monoisotopic (exact) mass is 378 g/mol. The van der Waals surface area contributed by atoms with Gasteiger partial charge in [0.25, 0.3) is 0 Å². The summed E-state index contributed by atoms with van der Waals surface area (Å²) in [6.07, 6.45) is -5.21. The number of halogens is 3. The Balaban J connectivity index is 1.77. The predicted molar refractivity (Wildman–Crippen MR) is 79.4 cm³/mol. The zero-order valence-corrected chi connectivity index (χ0v) is 14.7. The summed E-state index contributed by atoms with van der Waals surface area (Å²) < 4.78 is 52.2. The van der Waals surface area contributed by atoms with Crippen LogP contribution in [0.1, 0.15) is 33.6 Å². The zero-order valence-electron chi connectivity index (χ0n) is 14.7. The third-order valence-corrected chi connectivity index (χ3v) is 5.88. The minimum Gasteiger partial charge on any atom is -0.458 e. The molecule has 0 radical (unpaired) electrons. The smallest absolute Gasteiger partial charge is 0.422 e. The molecule has 2 bridgehead atoms. The van der Waals surface area contributed by atoms with Crippen molar-refractivity contribution in [2.45, 2.75) is 52.0 Å². The van der Waals surface area contributed by atoms with E-state index in [2.05, 4.69) is 4.74 Å². The number of fused-ring (bicyclic) bond motifs is 1. The number of carbonyl (C=O) groups is 3. The molecule has 0 N–H and O–H groups in total. The van der Waals surface area contributed by atoms with Crippen LogP contribution in [0.5, 0.6) is 0 Å². The highest BCUT2D eigenvalue weighted by atomic mass is 19.4. The van der Waals surface area contributed by atoms with Gasteiger partial charge in [0.2, 0.25) is 0 Å². The molecule has 0 aromatic rings. The average Bonchev–Trinajstić information content (AvgIpc) is 3.15. The Morgan fingerprint density at radius 3 is 2.46 bits per heavy atom. The molecular weight excluding hydrogens is 357 g/mol. The number of hydrogen-bond acceptors (Lipinski definition) is 6. The molecule has 9 heteroatoms. The molecule has 1 saturated heterocycles. The first-order chi connectivity index (χ1) is 12.0. The predicted octanol–water partition coefficient (Wildman–Crippen LogP) is 2.25. The van der Waals surface area contributed by atoms with Crippen molar-refractivity contribution in [1.82, 2.24) is 0 Å². The molecule has 6 atom stereocenters. The van der Waals surface area contributed by atoms with E-state index in [1.165, 1.54) is 0 Å². The highest BCUT2D eigenvalue weighted by molar-refractivity contribution is 5.86. The van der Waals surface area contributed by atoms with Gasteiger partial charge in [0.15, 0.2) is 6.61 Å². The molecule has 0 spiro atoms. The van der Waals surface area contributed by atoms with E-state index in [0.717, 1.165) is 0 Å². The van der Waals surface area contributed by atoms with Crippen LogP contribution in [0.25, 0.3) is 0 Å². The lowest BCUT2D eigenvalue weighted by molar-refractivity contribution is -0.193. The van der Waals surface area contributed by atoms with Gasteiger partial charge < -0.3 is 14.2 Å². The molecule has 6 unspecified atom stereocenters. The van der Waals surface area contributed by atoms with E-state index in [1.807, 2.05) is 6.92 Å². The van der Waals surface area contributed by atoms with E-state index in [4.69, 9.17) is 9.47 Å². The molecule has 0 aromatic heterocycles. The third kappa shape index (κ3) is 3.05. The quantitative estimate of drug-likeness (QED) is 0.539. The average molecular weight is 378 g/mol. The fourth-order valence-electron chi connectivity index (χ4n) is 4.15. The lowest BCUT2D eigenvalue weighted by Crippen LogP contribution is -2.45. The van der Waals surface area contributed by atoms with Gasteiger partial charge in [0.1, 0.15) is 12.2 Å². The summed E-state index contributed by atoms with van der Waals surface area (Å²) in [5.74, 6) is -5.01. The van der Waals surface area contributed by atoms with Crippen molar-refractivity contribution in [1.29, 1.82) is 0 Å². The first-order valence-electron chi connectivity index (χ1n) is 8.61. The molecule has 0 aromatic carbocycles. The lowest BCUT2D eigenvalue weighted by atomic mass is 9.78. The maximum Gasteiger partial charge on any atom is 0.422 e. The minimum atomic E-state index is -4.65. The first kappa shape index (κ1) is 19.0. The van der Waals surface area contributed by atoms with Crippen LogP contribution in [0.3, 0.4) is 0 Å². The van der Waals surface area contributed by atoms with Crippen LogP contribution in [-0.2, 0) is 28.6 Å². The summed E-state index contributed by atoms with van der Waals surface area (Å²) in [7, 11) is 0. The maximum atomic E-state index is 12.4. The number of hydrogen-bond donors (Lipinski definition) is 0. The molecule has 0 amide bonds. The molecular formula is C17H21F3O6. The molecule has 1 heterocycles. The molecule has 3 fully saturated rings. The SMILES string of the molecule is CCC(C)(C)C(=O)OC1C2CC3C1OC(=O)C3C2C(=O)OCC(F)(F)F. The Hall–Kier alpha value is -1.80. The molecule has 2 saturated carbocycles. The van der Waals surface area contributed by atoms with Gasteiger partial charge in [0.05, 0.1) is 17.3 Å². The van der Waals surface area contributed by atoms with Crippen molar-refractivity contribution < 1.29 is 41.8 Å². The second-order valence-electron chi connectivity index (χ2n) is 7.85. The third-order valence-electron chi connectivity index (χ3n) is 5.88. The van der Waals surface area contributed by atoms with Crippen LogP contribution in [0.4, 0.5) is 13.2 Å². The van der Waals surface area contributed by atoms with E-state index in [1.54, 1.807) is 13.8 Å². The molecule has 146 valence electrons. The number of alkyl halides is 3.